The fourth-order valence-electron chi connectivity index (χ4n) is 9.34. The van der Waals surface area contributed by atoms with Crippen molar-refractivity contribution in [2.45, 2.75) is 5.41 Å². The lowest BCUT2D eigenvalue weighted by Gasteiger charge is -2.36. The van der Waals surface area contributed by atoms with Crippen molar-refractivity contribution in [3.63, 3.8) is 0 Å². The van der Waals surface area contributed by atoms with Gasteiger partial charge in [0.05, 0.1) is 11.1 Å². The van der Waals surface area contributed by atoms with Gasteiger partial charge >= 0.3 is 0 Å². The molecule has 1 nitrogen and oxygen atoms in total. The number of nitrogens with zero attached hydrogens (tertiary/aromatic N) is 1. The summed E-state index contributed by atoms with van der Waals surface area (Å²) in [6, 6.07) is 69.8. The molecule has 0 radical (unpaired) electrons. The normalized spacial score (nSPS) is 15.3. The van der Waals surface area contributed by atoms with Crippen LogP contribution in [0.4, 0.5) is 17.1 Å². The molecule has 1 heteroatoms. The zero-order valence-corrected chi connectivity index (χ0v) is 27.3. The third-order valence-corrected chi connectivity index (χ3v) is 11.2. The molecule has 2 aliphatic rings. The maximum atomic E-state index is 2.55. The van der Waals surface area contributed by atoms with Crippen LogP contribution in [-0.4, -0.2) is 0 Å². The van der Waals surface area contributed by atoms with Gasteiger partial charge in [-0.25, -0.2) is 0 Å². The SMILES string of the molecule is c1ccc(N(c2ccccc2)c2cccc3c2C2(c4ccccc4-c4cc5c6ccccc6c6ccccc6c5cc42)c2ccccc2-3)cc1. The summed E-state index contributed by atoms with van der Waals surface area (Å²) in [5.74, 6) is 0. The first-order valence-corrected chi connectivity index (χ1v) is 17.5. The van der Waals surface area contributed by atoms with Crippen molar-refractivity contribution < 1.29 is 0 Å². The van der Waals surface area contributed by atoms with E-state index in [2.05, 4.69) is 193 Å². The van der Waals surface area contributed by atoms with Crippen LogP contribution in [0.15, 0.2) is 188 Å². The smallest absolute Gasteiger partial charge is 0.0746 e. The molecule has 0 N–H and O–H groups in total. The summed E-state index contributed by atoms with van der Waals surface area (Å²) in [5.41, 5.74) is 13.6. The Labute approximate surface area is 291 Å². The van der Waals surface area contributed by atoms with Gasteiger partial charge in [0.1, 0.15) is 0 Å². The van der Waals surface area contributed by atoms with Gasteiger partial charge in [0.25, 0.3) is 0 Å². The molecule has 232 valence electrons. The minimum absolute atomic E-state index is 0.517. The fourth-order valence-corrected chi connectivity index (χ4v) is 9.34. The average Bonchev–Trinajstić information content (AvgIpc) is 3.66. The van der Waals surface area contributed by atoms with Gasteiger partial charge in [-0.1, -0.05) is 146 Å². The van der Waals surface area contributed by atoms with Crippen LogP contribution in [0.3, 0.4) is 0 Å². The van der Waals surface area contributed by atoms with Gasteiger partial charge < -0.3 is 4.90 Å². The van der Waals surface area contributed by atoms with Crippen molar-refractivity contribution in [3.8, 4) is 22.3 Å². The zero-order valence-electron chi connectivity index (χ0n) is 27.3. The molecule has 1 atom stereocenters. The van der Waals surface area contributed by atoms with Gasteiger partial charge in [-0.2, -0.15) is 0 Å². The summed E-state index contributed by atoms with van der Waals surface area (Å²) < 4.78 is 0. The summed E-state index contributed by atoms with van der Waals surface area (Å²) in [6.07, 6.45) is 0. The number of anilines is 3. The lowest BCUT2D eigenvalue weighted by molar-refractivity contribution is 0.794. The Kier molecular flexibility index (Phi) is 5.66. The van der Waals surface area contributed by atoms with Crippen molar-refractivity contribution in [1.29, 1.82) is 0 Å². The minimum Gasteiger partial charge on any atom is -0.310 e. The molecular formula is C49H31N. The molecule has 0 fully saturated rings. The van der Waals surface area contributed by atoms with E-state index in [1.165, 1.54) is 82.5 Å². The van der Waals surface area contributed by atoms with E-state index in [4.69, 9.17) is 0 Å². The maximum Gasteiger partial charge on any atom is 0.0746 e. The van der Waals surface area contributed by atoms with Crippen molar-refractivity contribution in [1.82, 2.24) is 0 Å². The van der Waals surface area contributed by atoms with Gasteiger partial charge in [-0.05, 0) is 114 Å². The van der Waals surface area contributed by atoms with Crippen LogP contribution in [0.1, 0.15) is 22.3 Å². The Balaban J connectivity index is 1.33. The molecule has 9 aromatic carbocycles. The molecule has 9 aromatic rings. The Bertz CT molecular complexity index is 2780. The second-order valence-corrected chi connectivity index (χ2v) is 13.6. The molecule has 0 amide bonds. The van der Waals surface area contributed by atoms with E-state index in [0.29, 0.717) is 0 Å². The Hall–Kier alpha value is -6.44. The quantitative estimate of drug-likeness (QED) is 0.175. The van der Waals surface area contributed by atoms with E-state index in [1.807, 2.05) is 0 Å². The first-order chi connectivity index (χ1) is 24.8. The molecular weight excluding hydrogens is 603 g/mol. The molecule has 11 rings (SSSR count). The summed E-state index contributed by atoms with van der Waals surface area (Å²) in [7, 11) is 0. The molecule has 0 aromatic heterocycles. The van der Waals surface area contributed by atoms with Crippen molar-refractivity contribution in [2.24, 2.45) is 0 Å². The summed E-state index contributed by atoms with van der Waals surface area (Å²) in [5, 5.41) is 7.81. The number of hydrogen-bond donors (Lipinski definition) is 0. The lowest BCUT2D eigenvalue weighted by Crippen LogP contribution is -2.28. The largest absolute Gasteiger partial charge is 0.310 e. The fraction of sp³-hybridized carbons (Fsp3) is 0.0204. The standard InChI is InChI=1S/C49H31N/c1-3-16-32(17-4-1)50(33-18-5-2-6-19-33)47-29-15-26-40-38-24-11-13-27-44(38)49(48(40)47)45-28-14-12-25-39(45)43-30-41-36-22-9-7-20-34(36)35-21-8-10-23-37(35)42(41)31-46(43)49/h1-31H. The molecule has 2 aliphatic carbocycles. The van der Waals surface area contributed by atoms with E-state index in [1.54, 1.807) is 0 Å². The first-order valence-electron chi connectivity index (χ1n) is 17.5. The monoisotopic (exact) mass is 633 g/mol. The molecule has 50 heavy (non-hydrogen) atoms. The predicted octanol–water partition coefficient (Wildman–Crippen LogP) is 13.0. The van der Waals surface area contributed by atoms with E-state index in [9.17, 15) is 0 Å². The van der Waals surface area contributed by atoms with Gasteiger partial charge in [0.15, 0.2) is 0 Å². The summed E-state index contributed by atoms with van der Waals surface area (Å²) >= 11 is 0. The van der Waals surface area contributed by atoms with Crippen LogP contribution in [-0.2, 0) is 5.41 Å². The second-order valence-electron chi connectivity index (χ2n) is 13.6. The van der Waals surface area contributed by atoms with Crippen LogP contribution in [0.25, 0.3) is 54.6 Å². The van der Waals surface area contributed by atoms with Gasteiger partial charge in [0, 0.05) is 16.9 Å². The van der Waals surface area contributed by atoms with Gasteiger partial charge in [0.2, 0.25) is 0 Å². The molecule has 0 bridgehead atoms. The van der Waals surface area contributed by atoms with Gasteiger partial charge in [-0.15, -0.1) is 0 Å². The highest BCUT2D eigenvalue weighted by Crippen LogP contribution is 2.66. The Morgan fingerprint density at radius 1 is 0.300 bits per heavy atom. The topological polar surface area (TPSA) is 3.24 Å². The molecule has 1 unspecified atom stereocenters. The van der Waals surface area contributed by atoms with Crippen LogP contribution < -0.4 is 4.90 Å². The minimum atomic E-state index is -0.517. The number of para-hydroxylation sites is 2. The Morgan fingerprint density at radius 2 is 0.740 bits per heavy atom. The number of hydrogen-bond acceptors (Lipinski definition) is 1. The summed E-state index contributed by atoms with van der Waals surface area (Å²) in [6.45, 7) is 0. The number of benzene rings is 9. The van der Waals surface area contributed by atoms with E-state index in [-0.39, 0.29) is 0 Å². The number of rotatable bonds is 3. The molecule has 0 saturated heterocycles. The van der Waals surface area contributed by atoms with Crippen LogP contribution >= 0.6 is 0 Å². The third kappa shape index (κ3) is 3.51. The zero-order chi connectivity index (χ0) is 32.8. The predicted molar refractivity (Wildman–Crippen MR) is 210 cm³/mol. The van der Waals surface area contributed by atoms with Gasteiger partial charge in [-0.3, -0.25) is 0 Å². The highest BCUT2D eigenvalue weighted by Gasteiger charge is 2.53. The van der Waals surface area contributed by atoms with Crippen LogP contribution in [0, 0.1) is 0 Å². The average molecular weight is 634 g/mol. The highest BCUT2D eigenvalue weighted by atomic mass is 15.1. The van der Waals surface area contributed by atoms with E-state index >= 15 is 0 Å². The lowest BCUT2D eigenvalue weighted by atomic mass is 9.69. The molecule has 0 saturated carbocycles. The van der Waals surface area contributed by atoms with Crippen molar-refractivity contribution in [2.75, 3.05) is 4.90 Å². The van der Waals surface area contributed by atoms with E-state index < -0.39 is 5.41 Å². The van der Waals surface area contributed by atoms with Crippen LogP contribution in [0.2, 0.25) is 0 Å². The highest BCUT2D eigenvalue weighted by molar-refractivity contribution is 6.26. The maximum absolute atomic E-state index is 2.55. The molecule has 0 heterocycles. The Morgan fingerprint density at radius 3 is 1.32 bits per heavy atom. The number of fused-ring (bicyclic) bond motifs is 16. The van der Waals surface area contributed by atoms with Crippen molar-refractivity contribution >= 4 is 49.4 Å². The van der Waals surface area contributed by atoms with E-state index in [0.717, 1.165) is 11.4 Å². The molecule has 1 spiro atoms. The molecule has 0 aliphatic heterocycles. The first kappa shape index (κ1) is 27.5. The van der Waals surface area contributed by atoms with Crippen LogP contribution in [0.5, 0.6) is 0 Å². The van der Waals surface area contributed by atoms with Crippen molar-refractivity contribution in [3.05, 3.63) is 210 Å². The second kappa shape index (κ2) is 10.3. The third-order valence-electron chi connectivity index (χ3n) is 11.2. The summed E-state index contributed by atoms with van der Waals surface area (Å²) in [4.78, 5) is 2.46.